The monoisotopic (exact) mass is 155 g/mol. The lowest BCUT2D eigenvalue weighted by atomic mass is 9.89. The Bertz CT molecular complexity index is 196. The summed E-state index contributed by atoms with van der Waals surface area (Å²) in [4.78, 5) is -0.469. The van der Waals surface area contributed by atoms with Gasteiger partial charge < -0.3 is 0 Å². The molecule has 0 spiro atoms. The van der Waals surface area contributed by atoms with Gasteiger partial charge in [0.25, 0.3) is 0 Å². The molecule has 2 unspecified atom stereocenters. The summed E-state index contributed by atoms with van der Waals surface area (Å²) in [5.41, 5.74) is 0. The van der Waals surface area contributed by atoms with Crippen molar-refractivity contribution >= 4 is 11.6 Å². The first-order chi connectivity index (χ1) is 4.74. The minimum absolute atomic E-state index is 0.469. The Balaban J connectivity index is 2.24. The molecule has 2 rings (SSSR count). The molecular weight excluding hydrogens is 146 g/mol. The Labute approximate surface area is 66.0 Å². The number of fused-ring (bicyclic) bond motifs is 2. The summed E-state index contributed by atoms with van der Waals surface area (Å²) >= 11 is 6.09. The van der Waals surface area contributed by atoms with E-state index in [2.05, 4.69) is 6.07 Å². The molecule has 0 radical (unpaired) electrons. The Morgan fingerprint density at radius 1 is 1.50 bits per heavy atom. The van der Waals surface area contributed by atoms with Crippen LogP contribution in [-0.2, 0) is 0 Å². The van der Waals surface area contributed by atoms with E-state index in [4.69, 9.17) is 16.9 Å². The fourth-order valence-corrected chi connectivity index (χ4v) is 2.82. The van der Waals surface area contributed by atoms with E-state index in [9.17, 15) is 0 Å². The van der Waals surface area contributed by atoms with Crippen LogP contribution in [0.1, 0.15) is 25.7 Å². The van der Waals surface area contributed by atoms with E-state index in [0.717, 1.165) is 12.3 Å². The molecule has 2 aliphatic carbocycles. The number of rotatable bonds is 0. The van der Waals surface area contributed by atoms with E-state index < -0.39 is 4.87 Å². The molecule has 2 heteroatoms. The van der Waals surface area contributed by atoms with Gasteiger partial charge in [-0.2, -0.15) is 5.26 Å². The third-order valence-electron chi connectivity index (χ3n) is 2.96. The third kappa shape index (κ3) is 0.689. The zero-order valence-corrected chi connectivity index (χ0v) is 6.56. The summed E-state index contributed by atoms with van der Waals surface area (Å²) in [5, 5.41) is 8.77. The lowest BCUT2D eigenvalue weighted by molar-refractivity contribution is 0.429. The second-order valence-electron chi connectivity index (χ2n) is 3.55. The second-order valence-corrected chi connectivity index (χ2v) is 4.23. The number of halogens is 1. The minimum Gasteiger partial charge on any atom is -0.196 e. The lowest BCUT2D eigenvalue weighted by Gasteiger charge is -2.23. The smallest absolute Gasteiger partial charge is 0.134 e. The predicted octanol–water partition coefficient (Wildman–Crippen LogP) is 2.31. The molecule has 0 heterocycles. The molecule has 2 fully saturated rings. The first kappa shape index (κ1) is 6.49. The summed E-state index contributed by atoms with van der Waals surface area (Å²) in [6.07, 6.45) is 4.63. The van der Waals surface area contributed by atoms with Crippen LogP contribution in [0, 0.1) is 23.2 Å². The van der Waals surface area contributed by atoms with Gasteiger partial charge in [-0.05, 0) is 37.5 Å². The molecule has 0 aromatic heterocycles. The number of nitrogens with zero attached hydrogens (tertiary/aromatic N) is 1. The maximum absolute atomic E-state index is 8.77. The van der Waals surface area contributed by atoms with Crippen LogP contribution in [-0.4, -0.2) is 4.87 Å². The highest BCUT2D eigenvalue weighted by Crippen LogP contribution is 2.53. The molecular formula is C8H10ClN. The van der Waals surface area contributed by atoms with Gasteiger partial charge in [-0.3, -0.25) is 0 Å². The van der Waals surface area contributed by atoms with Gasteiger partial charge >= 0.3 is 0 Å². The van der Waals surface area contributed by atoms with Gasteiger partial charge in [0, 0.05) is 0 Å². The largest absolute Gasteiger partial charge is 0.196 e. The average molecular weight is 156 g/mol. The zero-order chi connectivity index (χ0) is 7.19. The van der Waals surface area contributed by atoms with Gasteiger partial charge in [0.15, 0.2) is 0 Å². The predicted molar refractivity (Wildman–Crippen MR) is 39.6 cm³/mol. The topological polar surface area (TPSA) is 23.8 Å². The number of hydrogen-bond acceptors (Lipinski definition) is 1. The van der Waals surface area contributed by atoms with Crippen molar-refractivity contribution in [2.45, 2.75) is 30.6 Å². The first-order valence-corrected chi connectivity index (χ1v) is 4.22. The van der Waals surface area contributed by atoms with Gasteiger partial charge in [0.05, 0.1) is 6.07 Å². The van der Waals surface area contributed by atoms with Crippen molar-refractivity contribution in [1.29, 1.82) is 5.26 Å². The molecule has 10 heavy (non-hydrogen) atoms. The first-order valence-electron chi connectivity index (χ1n) is 3.85. The van der Waals surface area contributed by atoms with Crippen LogP contribution >= 0.6 is 11.6 Å². The molecule has 0 aliphatic heterocycles. The minimum atomic E-state index is -0.469. The molecule has 0 aromatic rings. The summed E-state index contributed by atoms with van der Waals surface area (Å²) in [6, 6.07) is 2.24. The fraction of sp³-hybridized carbons (Fsp3) is 0.875. The number of nitriles is 1. The Morgan fingerprint density at radius 3 is 2.60 bits per heavy atom. The van der Waals surface area contributed by atoms with Crippen LogP contribution in [0.4, 0.5) is 0 Å². The van der Waals surface area contributed by atoms with Crippen molar-refractivity contribution in [2.75, 3.05) is 0 Å². The maximum atomic E-state index is 8.77. The van der Waals surface area contributed by atoms with Gasteiger partial charge in [-0.1, -0.05) is 0 Å². The van der Waals surface area contributed by atoms with E-state index in [0.29, 0.717) is 5.92 Å². The zero-order valence-electron chi connectivity index (χ0n) is 5.81. The van der Waals surface area contributed by atoms with Crippen LogP contribution < -0.4 is 0 Å². The molecule has 0 saturated heterocycles. The Morgan fingerprint density at radius 2 is 2.30 bits per heavy atom. The van der Waals surface area contributed by atoms with Gasteiger partial charge in [-0.25, -0.2) is 0 Å². The summed E-state index contributed by atoms with van der Waals surface area (Å²) in [6.45, 7) is 0. The quantitative estimate of drug-likeness (QED) is 0.493. The van der Waals surface area contributed by atoms with Crippen LogP contribution in [0.15, 0.2) is 0 Å². The van der Waals surface area contributed by atoms with E-state index in [1.807, 2.05) is 0 Å². The van der Waals surface area contributed by atoms with Crippen molar-refractivity contribution in [3.63, 3.8) is 0 Å². The van der Waals surface area contributed by atoms with E-state index in [1.54, 1.807) is 0 Å². The van der Waals surface area contributed by atoms with Crippen molar-refractivity contribution in [3.8, 4) is 6.07 Å². The maximum Gasteiger partial charge on any atom is 0.134 e. The number of alkyl halides is 1. The van der Waals surface area contributed by atoms with Gasteiger partial charge in [0.2, 0.25) is 0 Å². The standard InChI is InChI=1S/C8H10ClN/c9-8(5-10)4-6-1-2-7(8)3-6/h6-7H,1-4H2/t6?,7?,8-/m1/s1. The van der Waals surface area contributed by atoms with Gasteiger partial charge in [0.1, 0.15) is 4.87 Å². The van der Waals surface area contributed by atoms with Crippen molar-refractivity contribution in [1.82, 2.24) is 0 Å². The molecule has 2 saturated carbocycles. The highest BCUT2D eigenvalue weighted by atomic mass is 35.5. The van der Waals surface area contributed by atoms with E-state index >= 15 is 0 Å². The highest BCUT2D eigenvalue weighted by Gasteiger charge is 2.50. The van der Waals surface area contributed by atoms with Crippen LogP contribution in [0.3, 0.4) is 0 Å². The molecule has 2 aliphatic rings. The fourth-order valence-electron chi connectivity index (χ4n) is 2.40. The second kappa shape index (κ2) is 1.89. The molecule has 3 atom stereocenters. The van der Waals surface area contributed by atoms with Crippen molar-refractivity contribution in [3.05, 3.63) is 0 Å². The summed E-state index contributed by atoms with van der Waals surface area (Å²) < 4.78 is 0. The molecule has 0 amide bonds. The molecule has 1 nitrogen and oxygen atoms in total. The van der Waals surface area contributed by atoms with E-state index in [1.165, 1.54) is 19.3 Å². The molecule has 0 N–H and O–H groups in total. The van der Waals surface area contributed by atoms with Crippen LogP contribution in [0.2, 0.25) is 0 Å². The molecule has 2 bridgehead atoms. The van der Waals surface area contributed by atoms with Crippen molar-refractivity contribution in [2.24, 2.45) is 11.8 Å². The molecule has 0 aromatic carbocycles. The summed E-state index contributed by atoms with van der Waals surface area (Å²) in [7, 11) is 0. The normalized spacial score (nSPS) is 51.2. The Kier molecular flexibility index (Phi) is 1.22. The third-order valence-corrected chi connectivity index (χ3v) is 3.51. The van der Waals surface area contributed by atoms with Crippen molar-refractivity contribution < 1.29 is 0 Å². The summed E-state index contributed by atoms with van der Waals surface area (Å²) in [5.74, 6) is 1.27. The van der Waals surface area contributed by atoms with Gasteiger partial charge in [-0.15, -0.1) is 11.6 Å². The van der Waals surface area contributed by atoms with Crippen LogP contribution in [0.25, 0.3) is 0 Å². The average Bonchev–Trinajstić information content (AvgIpc) is 2.46. The Hall–Kier alpha value is -0.220. The number of hydrogen-bond donors (Lipinski definition) is 0. The molecule has 54 valence electrons. The highest BCUT2D eigenvalue weighted by molar-refractivity contribution is 6.26. The van der Waals surface area contributed by atoms with Crippen LogP contribution in [0.5, 0.6) is 0 Å². The lowest BCUT2D eigenvalue weighted by Crippen LogP contribution is -2.26. The SMILES string of the molecule is N#C[C@]1(Cl)CC2CCC1C2. The van der Waals surface area contributed by atoms with E-state index in [-0.39, 0.29) is 0 Å².